The summed E-state index contributed by atoms with van der Waals surface area (Å²) in [5.41, 5.74) is 2.51. The number of para-hydroxylation sites is 1. The van der Waals surface area contributed by atoms with Gasteiger partial charge in [-0.25, -0.2) is 13.1 Å². The van der Waals surface area contributed by atoms with Crippen molar-refractivity contribution in [2.24, 2.45) is 0 Å². The molecule has 0 heterocycles. The molecule has 212 valence electrons. The molecule has 1 aliphatic carbocycles. The van der Waals surface area contributed by atoms with Gasteiger partial charge in [0.2, 0.25) is 21.8 Å². The van der Waals surface area contributed by atoms with E-state index in [0.29, 0.717) is 17.2 Å². The van der Waals surface area contributed by atoms with Crippen LogP contribution in [0.2, 0.25) is 5.02 Å². The molecule has 0 bridgehead atoms. The van der Waals surface area contributed by atoms with Crippen LogP contribution in [0.15, 0.2) is 77.7 Å². The van der Waals surface area contributed by atoms with Gasteiger partial charge in [-0.05, 0) is 67.6 Å². The Bertz CT molecular complexity index is 1420. The summed E-state index contributed by atoms with van der Waals surface area (Å²) in [4.78, 5) is 28.4. The first kappa shape index (κ1) is 29.6. The van der Waals surface area contributed by atoms with Gasteiger partial charge in [0.25, 0.3) is 0 Å². The average molecular weight is 584 g/mol. The molecule has 10 heteroatoms. The number of hydrogen-bond acceptors (Lipinski definition) is 5. The van der Waals surface area contributed by atoms with Crippen molar-refractivity contribution in [2.75, 3.05) is 7.11 Å². The lowest BCUT2D eigenvalue weighted by Gasteiger charge is -2.29. The summed E-state index contributed by atoms with van der Waals surface area (Å²) in [7, 11) is -1.96. The van der Waals surface area contributed by atoms with E-state index in [1.165, 1.54) is 0 Å². The first-order chi connectivity index (χ1) is 19.2. The molecule has 0 unspecified atom stereocenters. The number of nitrogens with zero attached hydrogens (tertiary/aromatic N) is 1. The second kappa shape index (κ2) is 13.3. The molecule has 40 heavy (non-hydrogen) atoms. The Labute approximate surface area is 240 Å². The van der Waals surface area contributed by atoms with Crippen LogP contribution in [0.25, 0.3) is 0 Å². The van der Waals surface area contributed by atoms with Crippen LogP contribution in [-0.4, -0.2) is 44.3 Å². The molecule has 1 aliphatic rings. The van der Waals surface area contributed by atoms with Crippen molar-refractivity contribution in [3.63, 3.8) is 0 Å². The Morgan fingerprint density at radius 3 is 2.30 bits per heavy atom. The number of carbonyl (C=O) groups is 2. The molecule has 0 aliphatic heterocycles. The van der Waals surface area contributed by atoms with Crippen LogP contribution >= 0.6 is 11.6 Å². The molecule has 2 amide bonds. The molecule has 0 radical (unpaired) electrons. The van der Waals surface area contributed by atoms with Gasteiger partial charge in [-0.15, -0.1) is 0 Å². The quantitative estimate of drug-likeness (QED) is 0.309. The van der Waals surface area contributed by atoms with Gasteiger partial charge in [0.15, 0.2) is 0 Å². The molecule has 0 spiro atoms. The Morgan fingerprint density at radius 2 is 1.65 bits per heavy atom. The maximum Gasteiger partial charge on any atom is 0.242 e. The fraction of sp³-hybridized carbons (Fsp3) is 0.333. The minimum absolute atomic E-state index is 0.0304. The van der Waals surface area contributed by atoms with Gasteiger partial charge >= 0.3 is 0 Å². The van der Waals surface area contributed by atoms with E-state index in [9.17, 15) is 18.0 Å². The molecular formula is C30H34ClN3O5S. The van der Waals surface area contributed by atoms with Crippen LogP contribution in [0.3, 0.4) is 0 Å². The van der Waals surface area contributed by atoms with Crippen LogP contribution in [-0.2, 0) is 39.1 Å². The third-order valence-electron chi connectivity index (χ3n) is 6.84. The smallest absolute Gasteiger partial charge is 0.242 e. The van der Waals surface area contributed by atoms with Crippen LogP contribution < -0.4 is 14.8 Å². The maximum absolute atomic E-state index is 13.5. The highest BCUT2D eigenvalue weighted by Gasteiger charge is 2.28. The van der Waals surface area contributed by atoms with Gasteiger partial charge in [0, 0.05) is 36.1 Å². The number of rotatable bonds is 13. The number of ether oxygens (including phenoxy) is 1. The van der Waals surface area contributed by atoms with Crippen LogP contribution in [0.5, 0.6) is 5.75 Å². The normalized spacial score (nSPS) is 13.9. The highest BCUT2D eigenvalue weighted by molar-refractivity contribution is 7.89. The van der Waals surface area contributed by atoms with Crippen LogP contribution in [0.4, 0.5) is 0 Å². The molecule has 2 N–H and O–H groups in total. The first-order valence-corrected chi connectivity index (χ1v) is 15.1. The fourth-order valence-corrected chi connectivity index (χ4v) is 5.70. The number of hydrogen-bond donors (Lipinski definition) is 2. The summed E-state index contributed by atoms with van der Waals surface area (Å²) in [5, 5.41) is 3.50. The van der Waals surface area contributed by atoms with Gasteiger partial charge < -0.3 is 15.0 Å². The number of carbonyl (C=O) groups excluding carboxylic acids is 2. The monoisotopic (exact) mass is 583 g/mol. The minimum Gasteiger partial charge on any atom is -0.496 e. The summed E-state index contributed by atoms with van der Waals surface area (Å²) in [6.45, 7) is 2.21. The summed E-state index contributed by atoms with van der Waals surface area (Å²) >= 11 is 6.04. The average Bonchev–Trinajstić information content (AvgIpc) is 3.77. The summed E-state index contributed by atoms with van der Waals surface area (Å²) in [6.07, 6.45) is 2.29. The zero-order chi connectivity index (χ0) is 28.7. The highest BCUT2D eigenvalue weighted by Crippen LogP contribution is 2.23. The molecule has 4 rings (SSSR count). The number of halogens is 1. The van der Waals surface area contributed by atoms with Crippen molar-refractivity contribution in [1.82, 2.24) is 14.9 Å². The van der Waals surface area contributed by atoms with E-state index in [4.69, 9.17) is 16.3 Å². The number of benzene rings is 3. The zero-order valence-electron chi connectivity index (χ0n) is 22.6. The topological polar surface area (TPSA) is 105 Å². The van der Waals surface area contributed by atoms with Gasteiger partial charge in [0.1, 0.15) is 11.8 Å². The SMILES string of the molecule is COc1ccccc1CNC(=O)[C@@H](C)N(Cc1ccc(Cl)cc1)C(=O)CCc1ccc(S(=O)(=O)NC2CC2)cc1. The third-order valence-corrected chi connectivity index (χ3v) is 8.63. The lowest BCUT2D eigenvalue weighted by atomic mass is 10.1. The Balaban J connectivity index is 1.42. The van der Waals surface area contributed by atoms with Crippen molar-refractivity contribution < 1.29 is 22.7 Å². The van der Waals surface area contributed by atoms with Gasteiger partial charge in [0.05, 0.1) is 12.0 Å². The second-order valence-corrected chi connectivity index (χ2v) is 12.0. The summed E-state index contributed by atoms with van der Waals surface area (Å²) < 4.78 is 32.9. The molecule has 1 saturated carbocycles. The fourth-order valence-electron chi connectivity index (χ4n) is 4.27. The van der Waals surface area contributed by atoms with Gasteiger partial charge in [-0.2, -0.15) is 0 Å². The minimum atomic E-state index is -3.53. The van der Waals surface area contributed by atoms with Crippen molar-refractivity contribution in [3.8, 4) is 5.75 Å². The van der Waals surface area contributed by atoms with Crippen molar-refractivity contribution in [2.45, 2.75) is 62.7 Å². The summed E-state index contributed by atoms with van der Waals surface area (Å²) in [6, 6.07) is 20.4. The molecule has 3 aromatic carbocycles. The molecule has 0 saturated heterocycles. The lowest BCUT2D eigenvalue weighted by Crippen LogP contribution is -2.47. The predicted octanol–water partition coefficient (Wildman–Crippen LogP) is 4.46. The van der Waals surface area contributed by atoms with Gasteiger partial charge in [-0.3, -0.25) is 9.59 Å². The van der Waals surface area contributed by atoms with E-state index in [1.54, 1.807) is 55.3 Å². The van der Waals surface area contributed by atoms with Crippen LogP contribution in [0, 0.1) is 0 Å². The molecule has 1 atom stereocenters. The van der Waals surface area contributed by atoms with Crippen molar-refractivity contribution in [1.29, 1.82) is 0 Å². The Kier molecular flexibility index (Phi) is 9.84. The number of amides is 2. The molecular weight excluding hydrogens is 550 g/mol. The first-order valence-electron chi connectivity index (χ1n) is 13.2. The van der Waals surface area contributed by atoms with E-state index in [-0.39, 0.29) is 42.3 Å². The Morgan fingerprint density at radius 1 is 1.00 bits per heavy atom. The van der Waals surface area contributed by atoms with E-state index in [2.05, 4.69) is 10.0 Å². The Hall–Kier alpha value is -3.40. The predicted molar refractivity (Wildman–Crippen MR) is 154 cm³/mol. The summed E-state index contributed by atoms with van der Waals surface area (Å²) in [5.74, 6) is 0.194. The lowest BCUT2D eigenvalue weighted by molar-refractivity contribution is -0.140. The molecule has 0 aromatic heterocycles. The highest BCUT2D eigenvalue weighted by atomic mass is 35.5. The number of methoxy groups -OCH3 is 1. The van der Waals surface area contributed by atoms with E-state index < -0.39 is 16.1 Å². The second-order valence-electron chi connectivity index (χ2n) is 9.89. The zero-order valence-corrected chi connectivity index (χ0v) is 24.2. The van der Waals surface area contributed by atoms with Gasteiger partial charge in [-0.1, -0.05) is 54.1 Å². The third kappa shape index (κ3) is 8.06. The number of sulfonamides is 1. The standard InChI is InChI=1S/C30H34ClN3O5S/c1-21(30(36)32-19-24-5-3-4-6-28(24)39-2)34(20-23-7-12-25(31)13-8-23)29(35)18-11-22-9-16-27(17-10-22)40(37,38)33-26-14-15-26/h3-10,12-13,16-17,21,26,33H,11,14-15,18-20H2,1-2H3,(H,32,36)/t21-/m1/s1. The molecule has 8 nitrogen and oxygen atoms in total. The molecule has 1 fully saturated rings. The number of aryl methyl sites for hydroxylation is 1. The van der Waals surface area contributed by atoms with E-state index in [1.807, 2.05) is 36.4 Å². The van der Waals surface area contributed by atoms with Crippen molar-refractivity contribution in [3.05, 3.63) is 94.5 Å². The van der Waals surface area contributed by atoms with E-state index in [0.717, 1.165) is 29.5 Å². The largest absolute Gasteiger partial charge is 0.496 e. The van der Waals surface area contributed by atoms with E-state index >= 15 is 0 Å². The van der Waals surface area contributed by atoms with Crippen molar-refractivity contribution >= 4 is 33.4 Å². The number of nitrogens with one attached hydrogen (secondary N) is 2. The van der Waals surface area contributed by atoms with Crippen LogP contribution in [0.1, 0.15) is 42.9 Å². The molecule has 3 aromatic rings. The maximum atomic E-state index is 13.5.